The van der Waals surface area contributed by atoms with E-state index in [-0.39, 0.29) is 5.54 Å². The summed E-state index contributed by atoms with van der Waals surface area (Å²) in [6.07, 6.45) is 3.36. The molecule has 0 amide bonds. The molecule has 0 aromatic carbocycles. The second-order valence-electron chi connectivity index (χ2n) is 5.30. The smallest absolute Gasteiger partial charge is 0.136 e. The number of rotatable bonds is 3. The molecule has 1 aliphatic carbocycles. The molecule has 5 heteroatoms. The Morgan fingerprint density at radius 1 is 1.47 bits per heavy atom. The number of nitrogens with zero attached hydrogens (tertiary/aromatic N) is 2. The minimum Gasteiger partial charge on any atom is -0.384 e. The zero-order valence-corrected chi connectivity index (χ0v) is 10.1. The van der Waals surface area contributed by atoms with Crippen LogP contribution in [-0.2, 0) is 4.74 Å². The quantitative estimate of drug-likeness (QED) is 0.829. The van der Waals surface area contributed by atoms with Crippen LogP contribution in [0.15, 0.2) is 6.07 Å². The monoisotopic (exact) mass is 234 g/mol. The average molecular weight is 234 g/mol. The van der Waals surface area contributed by atoms with E-state index in [1.54, 1.807) is 6.07 Å². The summed E-state index contributed by atoms with van der Waals surface area (Å²) in [5.74, 6) is 2.78. The van der Waals surface area contributed by atoms with Gasteiger partial charge in [-0.1, -0.05) is 0 Å². The minimum absolute atomic E-state index is 0.0262. The van der Waals surface area contributed by atoms with E-state index in [1.807, 2.05) is 0 Å². The Morgan fingerprint density at radius 3 is 2.94 bits per heavy atom. The summed E-state index contributed by atoms with van der Waals surface area (Å²) < 4.78 is 5.42. The van der Waals surface area contributed by atoms with Gasteiger partial charge in [0.1, 0.15) is 17.5 Å². The number of anilines is 2. The number of nitrogens with two attached hydrogens (primary N) is 1. The fraction of sp³-hybridized carbons (Fsp3) is 0.667. The van der Waals surface area contributed by atoms with Gasteiger partial charge < -0.3 is 15.8 Å². The maximum Gasteiger partial charge on any atom is 0.136 e. The van der Waals surface area contributed by atoms with Crippen molar-refractivity contribution in [3.05, 3.63) is 11.9 Å². The van der Waals surface area contributed by atoms with Crippen LogP contribution in [0.5, 0.6) is 0 Å². The normalized spacial score (nSPS) is 28.3. The van der Waals surface area contributed by atoms with Crippen molar-refractivity contribution in [1.29, 1.82) is 0 Å². The van der Waals surface area contributed by atoms with E-state index < -0.39 is 0 Å². The maximum absolute atomic E-state index is 5.82. The van der Waals surface area contributed by atoms with E-state index in [0.717, 1.165) is 31.3 Å². The molecule has 0 spiro atoms. The molecule has 1 aromatic rings. The topological polar surface area (TPSA) is 73.1 Å². The molecule has 5 nitrogen and oxygen atoms in total. The lowest BCUT2D eigenvalue weighted by Gasteiger charge is -2.24. The van der Waals surface area contributed by atoms with E-state index in [2.05, 4.69) is 22.2 Å². The van der Waals surface area contributed by atoms with Gasteiger partial charge in [0, 0.05) is 18.6 Å². The Bertz CT molecular complexity index is 425. The Hall–Kier alpha value is -1.36. The van der Waals surface area contributed by atoms with Crippen LogP contribution in [-0.4, -0.2) is 28.7 Å². The molecule has 92 valence electrons. The summed E-state index contributed by atoms with van der Waals surface area (Å²) in [6, 6.07) is 1.80. The molecular weight excluding hydrogens is 216 g/mol. The standard InChI is InChI=1S/C12H18N4O/c1-12(4-5-17-7-12)16-10-6-9(13)14-11(15-10)8-2-3-8/h6,8H,2-5,7H2,1H3,(H3,13,14,15,16). The average Bonchev–Trinajstić information content (AvgIpc) is 3.02. The Kier molecular flexibility index (Phi) is 2.43. The first-order valence-electron chi connectivity index (χ1n) is 6.15. The Balaban J connectivity index is 1.81. The van der Waals surface area contributed by atoms with Crippen molar-refractivity contribution in [2.75, 3.05) is 24.3 Å². The number of hydrogen-bond donors (Lipinski definition) is 2. The van der Waals surface area contributed by atoms with Gasteiger partial charge in [0.15, 0.2) is 0 Å². The molecule has 2 heterocycles. The molecule has 1 saturated heterocycles. The first kappa shape index (κ1) is 10.8. The SMILES string of the molecule is CC1(Nc2cc(N)nc(C3CC3)n2)CCOC1. The van der Waals surface area contributed by atoms with Crippen molar-refractivity contribution >= 4 is 11.6 Å². The zero-order valence-electron chi connectivity index (χ0n) is 10.1. The summed E-state index contributed by atoms with van der Waals surface area (Å²) in [6.45, 7) is 3.67. The van der Waals surface area contributed by atoms with Crippen molar-refractivity contribution in [3.8, 4) is 0 Å². The predicted molar refractivity (Wildman–Crippen MR) is 65.9 cm³/mol. The van der Waals surface area contributed by atoms with Crippen molar-refractivity contribution in [2.45, 2.75) is 37.6 Å². The van der Waals surface area contributed by atoms with Crippen molar-refractivity contribution in [2.24, 2.45) is 0 Å². The third-order valence-electron chi connectivity index (χ3n) is 3.35. The van der Waals surface area contributed by atoms with Crippen LogP contribution in [0.4, 0.5) is 11.6 Å². The summed E-state index contributed by atoms with van der Waals surface area (Å²) >= 11 is 0. The summed E-state index contributed by atoms with van der Waals surface area (Å²) in [5.41, 5.74) is 5.79. The molecule has 2 fully saturated rings. The molecule has 2 aliphatic rings. The lowest BCUT2D eigenvalue weighted by atomic mass is 10.0. The number of nitrogen functional groups attached to an aromatic ring is 1. The van der Waals surface area contributed by atoms with Crippen molar-refractivity contribution in [3.63, 3.8) is 0 Å². The molecule has 1 aromatic heterocycles. The van der Waals surface area contributed by atoms with Gasteiger partial charge in [-0.15, -0.1) is 0 Å². The predicted octanol–water partition coefficient (Wildman–Crippen LogP) is 1.53. The van der Waals surface area contributed by atoms with Crippen LogP contribution in [0.3, 0.4) is 0 Å². The van der Waals surface area contributed by atoms with Gasteiger partial charge in [-0.05, 0) is 26.2 Å². The highest BCUT2D eigenvalue weighted by molar-refractivity contribution is 5.47. The fourth-order valence-electron chi connectivity index (χ4n) is 2.15. The van der Waals surface area contributed by atoms with Gasteiger partial charge >= 0.3 is 0 Å². The molecular formula is C12H18N4O. The molecule has 3 rings (SSSR count). The van der Waals surface area contributed by atoms with E-state index in [1.165, 1.54) is 12.8 Å². The largest absolute Gasteiger partial charge is 0.384 e. The molecule has 0 bridgehead atoms. The summed E-state index contributed by atoms with van der Waals surface area (Å²) in [5, 5.41) is 3.42. The van der Waals surface area contributed by atoms with Gasteiger partial charge in [0.2, 0.25) is 0 Å². The van der Waals surface area contributed by atoms with Crippen LogP contribution in [0.1, 0.15) is 37.9 Å². The highest BCUT2D eigenvalue weighted by Crippen LogP contribution is 2.38. The summed E-state index contributed by atoms with van der Waals surface area (Å²) in [4.78, 5) is 8.84. The number of aromatic nitrogens is 2. The second kappa shape index (κ2) is 3.84. The minimum atomic E-state index is -0.0262. The molecule has 1 atom stereocenters. The van der Waals surface area contributed by atoms with Crippen LogP contribution in [0, 0.1) is 0 Å². The second-order valence-corrected chi connectivity index (χ2v) is 5.30. The first-order valence-corrected chi connectivity index (χ1v) is 6.15. The molecule has 17 heavy (non-hydrogen) atoms. The third-order valence-corrected chi connectivity index (χ3v) is 3.35. The van der Waals surface area contributed by atoms with Crippen LogP contribution < -0.4 is 11.1 Å². The molecule has 1 unspecified atom stereocenters. The molecule has 1 aliphatic heterocycles. The zero-order chi connectivity index (χ0) is 11.9. The molecule has 3 N–H and O–H groups in total. The van der Waals surface area contributed by atoms with Crippen LogP contribution in [0.2, 0.25) is 0 Å². The van der Waals surface area contributed by atoms with Crippen LogP contribution >= 0.6 is 0 Å². The van der Waals surface area contributed by atoms with Gasteiger partial charge in [-0.25, -0.2) is 9.97 Å². The maximum atomic E-state index is 5.82. The van der Waals surface area contributed by atoms with Gasteiger partial charge in [-0.3, -0.25) is 0 Å². The number of ether oxygens (including phenoxy) is 1. The lowest BCUT2D eigenvalue weighted by Crippen LogP contribution is -2.35. The van der Waals surface area contributed by atoms with Gasteiger partial charge in [0.25, 0.3) is 0 Å². The van der Waals surface area contributed by atoms with E-state index in [4.69, 9.17) is 10.5 Å². The number of hydrogen-bond acceptors (Lipinski definition) is 5. The lowest BCUT2D eigenvalue weighted by molar-refractivity contribution is 0.185. The molecule has 0 radical (unpaired) electrons. The van der Waals surface area contributed by atoms with Gasteiger partial charge in [0.05, 0.1) is 12.1 Å². The highest BCUT2D eigenvalue weighted by Gasteiger charge is 2.31. The van der Waals surface area contributed by atoms with Gasteiger partial charge in [-0.2, -0.15) is 0 Å². The first-order chi connectivity index (χ1) is 8.15. The van der Waals surface area contributed by atoms with Crippen molar-refractivity contribution in [1.82, 2.24) is 9.97 Å². The Labute approximate surface area is 101 Å². The number of nitrogens with one attached hydrogen (secondary N) is 1. The molecule has 1 saturated carbocycles. The highest BCUT2D eigenvalue weighted by atomic mass is 16.5. The van der Waals surface area contributed by atoms with E-state index in [9.17, 15) is 0 Å². The van der Waals surface area contributed by atoms with E-state index in [0.29, 0.717) is 11.7 Å². The third kappa shape index (κ3) is 2.34. The van der Waals surface area contributed by atoms with Crippen LogP contribution in [0.25, 0.3) is 0 Å². The Morgan fingerprint density at radius 2 is 2.29 bits per heavy atom. The fourth-order valence-corrected chi connectivity index (χ4v) is 2.15. The van der Waals surface area contributed by atoms with E-state index >= 15 is 0 Å². The summed E-state index contributed by atoms with van der Waals surface area (Å²) in [7, 11) is 0. The van der Waals surface area contributed by atoms with Crippen molar-refractivity contribution < 1.29 is 4.74 Å².